The zero-order chi connectivity index (χ0) is 21.8. The van der Waals surface area contributed by atoms with Gasteiger partial charge in [-0.25, -0.2) is 4.39 Å². The number of aromatic nitrogens is 2. The summed E-state index contributed by atoms with van der Waals surface area (Å²) in [7, 11) is 0. The number of hydrogen-bond donors (Lipinski definition) is 0. The first kappa shape index (κ1) is 21.1. The lowest BCUT2D eigenvalue weighted by Crippen LogP contribution is -2.39. The maximum absolute atomic E-state index is 13.4. The van der Waals surface area contributed by atoms with E-state index in [0.717, 1.165) is 73.8 Å². The van der Waals surface area contributed by atoms with Crippen LogP contribution in [-0.2, 0) is 9.47 Å². The van der Waals surface area contributed by atoms with Crippen LogP contribution < -0.4 is 9.64 Å². The second-order valence-corrected chi connectivity index (χ2v) is 7.97. The Morgan fingerprint density at radius 2 is 1.53 bits per heavy atom. The van der Waals surface area contributed by atoms with Crippen LogP contribution in [0, 0.1) is 5.82 Å². The fourth-order valence-electron chi connectivity index (χ4n) is 4.08. The monoisotopic (exact) mass is 438 g/mol. The van der Waals surface area contributed by atoms with Gasteiger partial charge in [-0.3, -0.25) is 4.90 Å². The lowest BCUT2D eigenvalue weighted by molar-refractivity contribution is 0.0317. The largest absolute Gasteiger partial charge is 0.462 e. The molecule has 2 aliphatic heterocycles. The van der Waals surface area contributed by atoms with Crippen LogP contribution in [0.25, 0.3) is 22.0 Å². The lowest BCUT2D eigenvalue weighted by Gasteiger charge is -2.29. The first-order valence-electron chi connectivity index (χ1n) is 11.1. The number of hydrogen-bond acceptors (Lipinski definition) is 7. The second kappa shape index (κ2) is 9.77. The predicted octanol–water partition coefficient (Wildman–Crippen LogP) is 2.98. The molecule has 3 heterocycles. The highest BCUT2D eigenvalue weighted by Gasteiger charge is 2.19. The molecular formula is C24H27FN4O3. The van der Waals surface area contributed by atoms with Crippen molar-refractivity contribution >= 4 is 16.7 Å². The first-order chi connectivity index (χ1) is 15.8. The highest BCUT2D eigenvalue weighted by atomic mass is 19.1. The Labute approximate surface area is 186 Å². The summed E-state index contributed by atoms with van der Waals surface area (Å²) in [6.45, 7) is 7.59. The van der Waals surface area contributed by atoms with Crippen LogP contribution in [-0.4, -0.2) is 80.6 Å². The standard InChI is InChI=1S/C24H27FN4O3/c25-20-4-1-18(2-5-20)19-3-6-22-21(17-19)23(29-10-14-31-15-11-29)27-24(26-22)32-16-9-28-7-12-30-13-8-28/h1-6,17H,7-16H2. The summed E-state index contributed by atoms with van der Waals surface area (Å²) >= 11 is 0. The van der Waals surface area contributed by atoms with Gasteiger partial charge in [0.1, 0.15) is 18.2 Å². The molecule has 2 aromatic carbocycles. The van der Waals surface area contributed by atoms with E-state index in [4.69, 9.17) is 19.2 Å². The van der Waals surface area contributed by atoms with Gasteiger partial charge in [0.15, 0.2) is 0 Å². The number of rotatable bonds is 6. The van der Waals surface area contributed by atoms with E-state index in [9.17, 15) is 4.39 Å². The van der Waals surface area contributed by atoms with E-state index in [1.165, 1.54) is 12.1 Å². The highest BCUT2D eigenvalue weighted by molar-refractivity contribution is 5.93. The van der Waals surface area contributed by atoms with Crippen molar-refractivity contribution in [2.24, 2.45) is 0 Å². The van der Waals surface area contributed by atoms with Crippen LogP contribution in [0.1, 0.15) is 0 Å². The summed E-state index contributed by atoms with van der Waals surface area (Å²) in [5, 5.41) is 0.953. The number of halogens is 1. The molecule has 0 unspecified atom stereocenters. The van der Waals surface area contributed by atoms with Gasteiger partial charge in [-0.2, -0.15) is 9.97 Å². The molecule has 3 aromatic rings. The van der Waals surface area contributed by atoms with Gasteiger partial charge in [0.2, 0.25) is 0 Å². The normalized spacial score (nSPS) is 17.6. The third-order valence-corrected chi connectivity index (χ3v) is 5.89. The van der Waals surface area contributed by atoms with Crippen molar-refractivity contribution in [2.45, 2.75) is 0 Å². The molecule has 2 fully saturated rings. The third-order valence-electron chi connectivity index (χ3n) is 5.89. The minimum Gasteiger partial charge on any atom is -0.462 e. The number of morpholine rings is 2. The molecule has 0 amide bonds. The van der Waals surface area contributed by atoms with Crippen molar-refractivity contribution in [3.05, 3.63) is 48.3 Å². The van der Waals surface area contributed by atoms with Crippen molar-refractivity contribution in [3.8, 4) is 17.1 Å². The molecule has 2 saturated heterocycles. The van der Waals surface area contributed by atoms with E-state index >= 15 is 0 Å². The molecule has 0 spiro atoms. The summed E-state index contributed by atoms with van der Waals surface area (Å²) in [5.74, 6) is 0.606. The molecule has 8 heteroatoms. The Kier molecular flexibility index (Phi) is 6.43. The van der Waals surface area contributed by atoms with Gasteiger partial charge in [-0.1, -0.05) is 18.2 Å². The fraction of sp³-hybridized carbons (Fsp3) is 0.417. The molecule has 0 bridgehead atoms. The van der Waals surface area contributed by atoms with Crippen LogP contribution in [0.3, 0.4) is 0 Å². The minimum absolute atomic E-state index is 0.245. The molecule has 0 atom stereocenters. The van der Waals surface area contributed by atoms with Crippen LogP contribution in [0.4, 0.5) is 10.2 Å². The van der Waals surface area contributed by atoms with Crippen LogP contribution in [0.15, 0.2) is 42.5 Å². The average Bonchev–Trinajstić information content (AvgIpc) is 2.85. The number of anilines is 1. The topological polar surface area (TPSA) is 60.0 Å². The number of nitrogens with zero attached hydrogens (tertiary/aromatic N) is 4. The zero-order valence-corrected chi connectivity index (χ0v) is 18.0. The SMILES string of the molecule is Fc1ccc(-c2ccc3nc(OCCN4CCOCC4)nc(N4CCOCC4)c3c2)cc1. The predicted molar refractivity (Wildman–Crippen MR) is 121 cm³/mol. The van der Waals surface area contributed by atoms with E-state index < -0.39 is 0 Å². The van der Waals surface area contributed by atoms with Gasteiger partial charge in [0, 0.05) is 38.1 Å². The van der Waals surface area contributed by atoms with Gasteiger partial charge in [-0.15, -0.1) is 0 Å². The summed E-state index contributed by atoms with van der Waals surface area (Å²) in [5.41, 5.74) is 2.78. The molecule has 5 rings (SSSR count). The van der Waals surface area contributed by atoms with Crippen LogP contribution in [0.2, 0.25) is 0 Å². The first-order valence-corrected chi connectivity index (χ1v) is 11.1. The van der Waals surface area contributed by atoms with Gasteiger partial charge in [-0.05, 0) is 35.4 Å². The molecule has 32 heavy (non-hydrogen) atoms. The lowest BCUT2D eigenvalue weighted by atomic mass is 10.0. The van der Waals surface area contributed by atoms with Gasteiger partial charge in [0.25, 0.3) is 0 Å². The quantitative estimate of drug-likeness (QED) is 0.586. The van der Waals surface area contributed by atoms with Gasteiger partial charge in [0.05, 0.1) is 31.9 Å². The Hall–Kier alpha value is -2.81. The number of ether oxygens (including phenoxy) is 3. The molecule has 168 valence electrons. The van der Waals surface area contributed by atoms with Crippen molar-refractivity contribution in [1.29, 1.82) is 0 Å². The van der Waals surface area contributed by atoms with Gasteiger partial charge < -0.3 is 19.1 Å². The molecule has 1 aromatic heterocycles. The maximum Gasteiger partial charge on any atom is 0.318 e. The van der Waals surface area contributed by atoms with Crippen molar-refractivity contribution in [1.82, 2.24) is 14.9 Å². The van der Waals surface area contributed by atoms with E-state index in [-0.39, 0.29) is 5.82 Å². The maximum atomic E-state index is 13.4. The Balaban J connectivity index is 1.43. The average molecular weight is 439 g/mol. The van der Waals surface area contributed by atoms with Crippen LogP contribution >= 0.6 is 0 Å². The Bertz CT molecular complexity index is 1050. The van der Waals surface area contributed by atoms with E-state index in [2.05, 4.69) is 20.9 Å². The summed E-state index contributed by atoms with van der Waals surface area (Å²) < 4.78 is 30.3. The fourth-order valence-corrected chi connectivity index (χ4v) is 4.08. The van der Waals surface area contributed by atoms with Crippen molar-refractivity contribution in [2.75, 3.05) is 70.7 Å². The molecular weight excluding hydrogens is 411 g/mol. The summed E-state index contributed by atoms with van der Waals surface area (Å²) in [4.78, 5) is 14.0. The zero-order valence-electron chi connectivity index (χ0n) is 18.0. The van der Waals surface area contributed by atoms with Crippen molar-refractivity contribution in [3.63, 3.8) is 0 Å². The smallest absolute Gasteiger partial charge is 0.318 e. The summed E-state index contributed by atoms with van der Waals surface area (Å²) in [6, 6.07) is 13.0. The molecule has 0 radical (unpaired) electrons. The van der Waals surface area contributed by atoms with E-state index in [1.807, 2.05) is 12.1 Å². The Morgan fingerprint density at radius 1 is 0.844 bits per heavy atom. The summed E-state index contributed by atoms with van der Waals surface area (Å²) in [6.07, 6.45) is 0. The Morgan fingerprint density at radius 3 is 2.28 bits per heavy atom. The molecule has 7 nitrogen and oxygen atoms in total. The van der Waals surface area contributed by atoms with Gasteiger partial charge >= 0.3 is 6.01 Å². The third kappa shape index (κ3) is 4.82. The molecule has 0 saturated carbocycles. The molecule has 0 aliphatic carbocycles. The number of benzene rings is 2. The minimum atomic E-state index is -0.245. The molecule has 0 N–H and O–H groups in total. The second-order valence-electron chi connectivity index (χ2n) is 7.97. The number of fused-ring (bicyclic) bond motifs is 1. The highest BCUT2D eigenvalue weighted by Crippen LogP contribution is 2.31. The van der Waals surface area contributed by atoms with E-state index in [0.29, 0.717) is 25.8 Å². The molecule has 2 aliphatic rings. The van der Waals surface area contributed by atoms with Crippen LogP contribution in [0.5, 0.6) is 6.01 Å². The van der Waals surface area contributed by atoms with Crippen molar-refractivity contribution < 1.29 is 18.6 Å². The van der Waals surface area contributed by atoms with E-state index in [1.54, 1.807) is 12.1 Å².